The fourth-order valence-electron chi connectivity index (χ4n) is 1.59. The lowest BCUT2D eigenvalue weighted by Crippen LogP contribution is -2.41. The number of para-hydroxylation sites is 1. The number of halogens is 2. The molecule has 0 heterocycles. The standard InChI is InChI=1S/C14H10ClIN2O3/c15-8-5-6-11(16)10(7-8)14(21)18-17-13(20)9-3-1-2-4-12(9)19/h1-7,19H,(H,17,20)(H,18,21). The third-order valence-electron chi connectivity index (χ3n) is 2.61. The van der Waals surface area contributed by atoms with Gasteiger partial charge in [-0.1, -0.05) is 23.7 Å². The highest BCUT2D eigenvalue weighted by Gasteiger charge is 2.14. The van der Waals surface area contributed by atoms with E-state index in [4.69, 9.17) is 11.6 Å². The summed E-state index contributed by atoms with van der Waals surface area (Å²) in [5, 5.41) is 9.98. The van der Waals surface area contributed by atoms with E-state index in [1.54, 1.807) is 24.3 Å². The molecule has 21 heavy (non-hydrogen) atoms. The largest absolute Gasteiger partial charge is 0.507 e. The zero-order valence-electron chi connectivity index (χ0n) is 10.6. The molecular weight excluding hydrogens is 407 g/mol. The van der Waals surface area contributed by atoms with Crippen LogP contribution in [0.2, 0.25) is 5.02 Å². The van der Waals surface area contributed by atoms with Gasteiger partial charge < -0.3 is 5.11 Å². The number of hydrazine groups is 1. The van der Waals surface area contributed by atoms with Gasteiger partial charge in [-0.25, -0.2) is 0 Å². The monoisotopic (exact) mass is 416 g/mol. The Labute approximate surface area is 139 Å². The summed E-state index contributed by atoms with van der Waals surface area (Å²) in [7, 11) is 0. The smallest absolute Gasteiger partial charge is 0.273 e. The molecule has 2 amide bonds. The maximum atomic E-state index is 12.0. The molecule has 108 valence electrons. The van der Waals surface area contributed by atoms with E-state index in [1.165, 1.54) is 18.2 Å². The van der Waals surface area contributed by atoms with Crippen molar-refractivity contribution >= 4 is 46.0 Å². The Kier molecular flexibility index (Phi) is 5.03. The Hall–Kier alpha value is -1.80. The van der Waals surface area contributed by atoms with E-state index in [0.29, 0.717) is 14.2 Å². The van der Waals surface area contributed by atoms with Crippen molar-refractivity contribution in [1.29, 1.82) is 0 Å². The van der Waals surface area contributed by atoms with Gasteiger partial charge in [-0.2, -0.15) is 0 Å². The minimum atomic E-state index is -0.613. The van der Waals surface area contributed by atoms with Gasteiger partial charge in [-0.15, -0.1) is 0 Å². The minimum Gasteiger partial charge on any atom is -0.507 e. The first-order valence-corrected chi connectivity index (χ1v) is 7.28. The molecule has 3 N–H and O–H groups in total. The molecule has 0 saturated heterocycles. The number of carbonyl (C=O) groups is 2. The summed E-state index contributed by atoms with van der Waals surface area (Å²) in [5.41, 5.74) is 4.94. The van der Waals surface area contributed by atoms with E-state index in [2.05, 4.69) is 10.9 Å². The first-order valence-electron chi connectivity index (χ1n) is 5.83. The molecule has 0 aliphatic heterocycles. The first-order chi connectivity index (χ1) is 9.99. The van der Waals surface area contributed by atoms with Gasteiger partial charge in [0.25, 0.3) is 11.8 Å². The lowest BCUT2D eigenvalue weighted by molar-refractivity contribution is 0.0844. The number of nitrogens with one attached hydrogen (secondary N) is 2. The molecule has 0 radical (unpaired) electrons. The molecule has 0 spiro atoms. The van der Waals surface area contributed by atoms with Crippen LogP contribution in [0.1, 0.15) is 20.7 Å². The Bertz CT molecular complexity index is 706. The second-order valence-electron chi connectivity index (χ2n) is 4.05. The summed E-state index contributed by atoms with van der Waals surface area (Å²) in [6.07, 6.45) is 0. The van der Waals surface area contributed by atoms with Crippen molar-refractivity contribution in [3.8, 4) is 5.75 Å². The number of hydrogen-bond acceptors (Lipinski definition) is 3. The predicted octanol–water partition coefficient (Wildman–Crippen LogP) is 2.73. The molecule has 7 heteroatoms. The Morgan fingerprint density at radius 1 is 1.00 bits per heavy atom. The van der Waals surface area contributed by atoms with Crippen LogP contribution in [0.25, 0.3) is 0 Å². The van der Waals surface area contributed by atoms with E-state index in [1.807, 2.05) is 22.6 Å². The molecule has 0 atom stereocenters. The highest BCUT2D eigenvalue weighted by atomic mass is 127. The van der Waals surface area contributed by atoms with E-state index in [9.17, 15) is 14.7 Å². The molecule has 2 aromatic rings. The topological polar surface area (TPSA) is 78.4 Å². The number of hydrogen-bond donors (Lipinski definition) is 3. The van der Waals surface area contributed by atoms with Crippen molar-refractivity contribution in [3.05, 3.63) is 62.2 Å². The molecule has 0 fully saturated rings. The molecule has 0 aliphatic rings. The van der Waals surface area contributed by atoms with E-state index in [-0.39, 0.29) is 11.3 Å². The molecule has 2 aromatic carbocycles. The van der Waals surface area contributed by atoms with Gasteiger partial charge >= 0.3 is 0 Å². The van der Waals surface area contributed by atoms with Crippen LogP contribution in [0.5, 0.6) is 5.75 Å². The van der Waals surface area contributed by atoms with Gasteiger partial charge in [0, 0.05) is 8.59 Å². The summed E-state index contributed by atoms with van der Waals surface area (Å²) >= 11 is 7.83. The normalized spacial score (nSPS) is 10.0. The zero-order valence-corrected chi connectivity index (χ0v) is 13.5. The zero-order chi connectivity index (χ0) is 15.4. The lowest BCUT2D eigenvalue weighted by atomic mass is 10.2. The van der Waals surface area contributed by atoms with E-state index < -0.39 is 11.8 Å². The van der Waals surface area contributed by atoms with Gasteiger partial charge in [-0.05, 0) is 52.9 Å². The molecule has 2 rings (SSSR count). The number of amides is 2. The van der Waals surface area contributed by atoms with Crippen LogP contribution in [0.3, 0.4) is 0 Å². The average Bonchev–Trinajstić information content (AvgIpc) is 2.47. The minimum absolute atomic E-state index is 0.0681. The van der Waals surface area contributed by atoms with Crippen LogP contribution < -0.4 is 10.9 Å². The number of phenolic OH excluding ortho intramolecular Hbond substituents is 1. The summed E-state index contributed by atoms with van der Waals surface area (Å²) in [6.45, 7) is 0. The molecule has 0 unspecified atom stereocenters. The van der Waals surface area contributed by atoms with E-state index >= 15 is 0 Å². The molecule has 0 aliphatic carbocycles. The average molecular weight is 417 g/mol. The van der Waals surface area contributed by atoms with Crippen LogP contribution in [0, 0.1) is 3.57 Å². The van der Waals surface area contributed by atoms with Crippen LogP contribution in [-0.4, -0.2) is 16.9 Å². The Morgan fingerprint density at radius 2 is 1.62 bits per heavy atom. The highest BCUT2D eigenvalue weighted by Crippen LogP contribution is 2.18. The highest BCUT2D eigenvalue weighted by molar-refractivity contribution is 14.1. The van der Waals surface area contributed by atoms with Crippen LogP contribution in [-0.2, 0) is 0 Å². The fourth-order valence-corrected chi connectivity index (χ4v) is 2.34. The van der Waals surface area contributed by atoms with Crippen molar-refractivity contribution in [2.45, 2.75) is 0 Å². The van der Waals surface area contributed by atoms with Crippen molar-refractivity contribution in [2.75, 3.05) is 0 Å². The lowest BCUT2D eigenvalue weighted by Gasteiger charge is -2.09. The number of aromatic hydroxyl groups is 1. The Balaban J connectivity index is 2.06. The SMILES string of the molecule is O=C(NNC(=O)c1cc(Cl)ccc1I)c1ccccc1O. The maximum absolute atomic E-state index is 12.0. The molecule has 0 saturated carbocycles. The predicted molar refractivity (Wildman–Crippen MR) is 87.2 cm³/mol. The third-order valence-corrected chi connectivity index (χ3v) is 3.79. The van der Waals surface area contributed by atoms with Crippen LogP contribution in [0.4, 0.5) is 0 Å². The summed E-state index contributed by atoms with van der Waals surface area (Å²) in [4.78, 5) is 23.8. The van der Waals surface area contributed by atoms with Gasteiger partial charge in [0.05, 0.1) is 11.1 Å². The summed E-state index contributed by atoms with van der Waals surface area (Å²) in [5.74, 6) is -1.27. The van der Waals surface area contributed by atoms with Crippen molar-refractivity contribution < 1.29 is 14.7 Å². The fraction of sp³-hybridized carbons (Fsp3) is 0. The number of benzene rings is 2. The van der Waals surface area contributed by atoms with Crippen LogP contribution in [0.15, 0.2) is 42.5 Å². The van der Waals surface area contributed by atoms with Gasteiger partial charge in [0.2, 0.25) is 0 Å². The van der Waals surface area contributed by atoms with Crippen LogP contribution >= 0.6 is 34.2 Å². The third kappa shape index (κ3) is 3.85. The molecule has 0 aromatic heterocycles. The second kappa shape index (κ2) is 6.77. The Morgan fingerprint density at radius 3 is 2.29 bits per heavy atom. The molecule has 5 nitrogen and oxygen atoms in total. The first kappa shape index (κ1) is 15.6. The van der Waals surface area contributed by atoms with Gasteiger partial charge in [0.15, 0.2) is 0 Å². The summed E-state index contributed by atoms with van der Waals surface area (Å²) < 4.78 is 0.700. The number of carbonyl (C=O) groups excluding carboxylic acids is 2. The molecular formula is C14H10ClIN2O3. The maximum Gasteiger partial charge on any atom is 0.273 e. The number of rotatable bonds is 2. The van der Waals surface area contributed by atoms with Crippen molar-refractivity contribution in [2.24, 2.45) is 0 Å². The quantitative estimate of drug-likeness (QED) is 0.520. The van der Waals surface area contributed by atoms with Crippen molar-refractivity contribution in [3.63, 3.8) is 0 Å². The number of phenols is 1. The van der Waals surface area contributed by atoms with Gasteiger partial charge in [0.1, 0.15) is 5.75 Å². The van der Waals surface area contributed by atoms with Crippen molar-refractivity contribution in [1.82, 2.24) is 10.9 Å². The summed E-state index contributed by atoms with van der Waals surface area (Å²) in [6, 6.07) is 10.9. The molecule has 0 bridgehead atoms. The van der Waals surface area contributed by atoms with E-state index in [0.717, 1.165) is 0 Å². The van der Waals surface area contributed by atoms with Gasteiger partial charge in [-0.3, -0.25) is 20.4 Å². The second-order valence-corrected chi connectivity index (χ2v) is 5.65.